The summed E-state index contributed by atoms with van der Waals surface area (Å²) in [6, 6.07) is 8.64. The molecule has 0 saturated heterocycles. The van der Waals surface area contributed by atoms with E-state index in [1.807, 2.05) is 33.0 Å². The standard InChI is InChI=1S/C17H18Cl2FN/c1-10-7-13(15(19)8-11(10)2)17(21-3)9-12-14(18)5-4-6-16(12)20/h4-8,17,21H,9H2,1-3H3. The van der Waals surface area contributed by atoms with E-state index in [9.17, 15) is 4.39 Å². The Balaban J connectivity index is 2.39. The Kier molecular flexibility index (Phi) is 5.26. The second-order valence-corrected chi connectivity index (χ2v) is 6.02. The first-order valence-electron chi connectivity index (χ1n) is 6.80. The summed E-state index contributed by atoms with van der Waals surface area (Å²) in [7, 11) is 1.84. The van der Waals surface area contributed by atoms with Crippen LogP contribution in [0.3, 0.4) is 0 Å². The summed E-state index contributed by atoms with van der Waals surface area (Å²) in [5.74, 6) is -0.289. The van der Waals surface area contributed by atoms with E-state index in [1.165, 1.54) is 6.07 Å². The molecule has 2 rings (SSSR count). The van der Waals surface area contributed by atoms with Gasteiger partial charge in [0.25, 0.3) is 0 Å². The van der Waals surface area contributed by atoms with Crippen LogP contribution in [0.15, 0.2) is 30.3 Å². The zero-order valence-electron chi connectivity index (χ0n) is 12.3. The summed E-state index contributed by atoms with van der Waals surface area (Å²) in [4.78, 5) is 0. The molecule has 1 nitrogen and oxygen atoms in total. The molecule has 21 heavy (non-hydrogen) atoms. The lowest BCUT2D eigenvalue weighted by molar-refractivity contribution is 0.554. The Labute approximate surface area is 135 Å². The van der Waals surface area contributed by atoms with Gasteiger partial charge in [-0.3, -0.25) is 0 Å². The third-order valence-corrected chi connectivity index (χ3v) is 4.49. The van der Waals surface area contributed by atoms with Crippen LogP contribution in [0.5, 0.6) is 0 Å². The quantitative estimate of drug-likeness (QED) is 0.809. The van der Waals surface area contributed by atoms with Gasteiger partial charge >= 0.3 is 0 Å². The fourth-order valence-corrected chi connectivity index (χ4v) is 2.96. The van der Waals surface area contributed by atoms with Gasteiger partial charge in [0.05, 0.1) is 0 Å². The van der Waals surface area contributed by atoms with E-state index in [-0.39, 0.29) is 11.9 Å². The summed E-state index contributed by atoms with van der Waals surface area (Å²) >= 11 is 12.5. The Morgan fingerprint density at radius 3 is 2.38 bits per heavy atom. The normalized spacial score (nSPS) is 12.5. The van der Waals surface area contributed by atoms with Crippen molar-refractivity contribution in [3.63, 3.8) is 0 Å². The van der Waals surface area contributed by atoms with Crippen molar-refractivity contribution in [2.24, 2.45) is 0 Å². The molecule has 0 aliphatic carbocycles. The zero-order chi connectivity index (χ0) is 15.6. The van der Waals surface area contributed by atoms with Gasteiger partial charge in [0.1, 0.15) is 5.82 Å². The second kappa shape index (κ2) is 6.78. The summed E-state index contributed by atoms with van der Waals surface area (Å²) in [6.45, 7) is 4.06. The van der Waals surface area contributed by atoms with Gasteiger partial charge in [-0.1, -0.05) is 35.3 Å². The van der Waals surface area contributed by atoms with Crippen molar-refractivity contribution in [1.29, 1.82) is 0 Å². The topological polar surface area (TPSA) is 12.0 Å². The van der Waals surface area contributed by atoms with E-state index in [0.29, 0.717) is 22.0 Å². The molecular weight excluding hydrogens is 308 g/mol. The van der Waals surface area contributed by atoms with Crippen LogP contribution in [0.25, 0.3) is 0 Å². The van der Waals surface area contributed by atoms with Gasteiger partial charge in [0.2, 0.25) is 0 Å². The highest BCUT2D eigenvalue weighted by molar-refractivity contribution is 6.32. The van der Waals surface area contributed by atoms with E-state index >= 15 is 0 Å². The lowest BCUT2D eigenvalue weighted by Crippen LogP contribution is -2.20. The minimum Gasteiger partial charge on any atom is -0.313 e. The largest absolute Gasteiger partial charge is 0.313 e. The molecule has 1 N–H and O–H groups in total. The van der Waals surface area contributed by atoms with E-state index in [1.54, 1.807) is 12.1 Å². The number of nitrogens with one attached hydrogen (secondary N) is 1. The Morgan fingerprint density at radius 1 is 1.10 bits per heavy atom. The molecule has 0 amide bonds. The minimum absolute atomic E-state index is 0.0915. The molecule has 0 aromatic heterocycles. The van der Waals surface area contributed by atoms with E-state index in [2.05, 4.69) is 5.32 Å². The average Bonchev–Trinajstić information content (AvgIpc) is 2.43. The molecule has 0 saturated carbocycles. The van der Waals surface area contributed by atoms with Crippen molar-refractivity contribution in [2.45, 2.75) is 26.3 Å². The van der Waals surface area contributed by atoms with Crippen LogP contribution in [0, 0.1) is 19.7 Å². The Morgan fingerprint density at radius 2 is 1.76 bits per heavy atom. The first-order chi connectivity index (χ1) is 9.93. The SMILES string of the molecule is CNC(Cc1c(F)cccc1Cl)c1cc(C)c(C)cc1Cl. The summed E-state index contributed by atoms with van der Waals surface area (Å²) < 4.78 is 14.0. The third kappa shape index (κ3) is 3.57. The molecule has 0 bridgehead atoms. The van der Waals surface area contributed by atoms with Gasteiger partial charge in [-0.05, 0) is 62.2 Å². The zero-order valence-corrected chi connectivity index (χ0v) is 13.8. The van der Waals surface area contributed by atoms with Crippen LogP contribution in [0.4, 0.5) is 4.39 Å². The highest BCUT2D eigenvalue weighted by Gasteiger charge is 2.18. The van der Waals surface area contributed by atoms with Crippen molar-refractivity contribution in [3.8, 4) is 0 Å². The molecule has 2 aromatic carbocycles. The molecule has 1 unspecified atom stereocenters. The van der Waals surface area contributed by atoms with Crippen molar-refractivity contribution in [1.82, 2.24) is 5.32 Å². The highest BCUT2D eigenvalue weighted by Crippen LogP contribution is 2.31. The first kappa shape index (κ1) is 16.3. The predicted octanol–water partition coefficient (Wildman–Crippen LogP) is 5.25. The van der Waals surface area contributed by atoms with Gasteiger partial charge in [-0.15, -0.1) is 0 Å². The van der Waals surface area contributed by atoms with Gasteiger partial charge in [-0.2, -0.15) is 0 Å². The molecule has 0 heterocycles. The van der Waals surface area contributed by atoms with Gasteiger partial charge in [0, 0.05) is 21.7 Å². The number of halogens is 3. The van der Waals surface area contributed by atoms with E-state index in [4.69, 9.17) is 23.2 Å². The van der Waals surface area contributed by atoms with Crippen molar-refractivity contribution in [2.75, 3.05) is 7.05 Å². The minimum atomic E-state index is -0.289. The molecule has 1 atom stereocenters. The van der Waals surface area contributed by atoms with Gasteiger partial charge in [0.15, 0.2) is 0 Å². The maximum absolute atomic E-state index is 14.0. The molecular formula is C17H18Cl2FN. The van der Waals surface area contributed by atoms with Crippen LogP contribution < -0.4 is 5.32 Å². The fraction of sp³-hybridized carbons (Fsp3) is 0.294. The molecule has 0 spiro atoms. The highest BCUT2D eigenvalue weighted by atomic mass is 35.5. The van der Waals surface area contributed by atoms with Gasteiger partial charge < -0.3 is 5.32 Å². The van der Waals surface area contributed by atoms with Crippen molar-refractivity contribution < 1.29 is 4.39 Å². The monoisotopic (exact) mass is 325 g/mol. The Bertz CT molecular complexity index is 635. The summed E-state index contributed by atoms with van der Waals surface area (Å²) in [6.07, 6.45) is 0.449. The molecule has 0 radical (unpaired) electrons. The van der Waals surface area contributed by atoms with Gasteiger partial charge in [-0.25, -0.2) is 4.39 Å². The number of likely N-dealkylation sites (N-methyl/N-ethyl adjacent to an activating group) is 1. The van der Waals surface area contributed by atoms with Crippen LogP contribution in [-0.4, -0.2) is 7.05 Å². The first-order valence-corrected chi connectivity index (χ1v) is 7.56. The third-order valence-electron chi connectivity index (χ3n) is 3.81. The van der Waals surface area contributed by atoms with E-state index < -0.39 is 0 Å². The molecule has 4 heteroatoms. The van der Waals surface area contributed by atoms with E-state index in [0.717, 1.165) is 16.7 Å². The number of benzene rings is 2. The molecule has 112 valence electrons. The van der Waals surface area contributed by atoms with Crippen LogP contribution in [0.1, 0.15) is 28.3 Å². The average molecular weight is 326 g/mol. The number of aryl methyl sites for hydroxylation is 2. The molecule has 0 aliphatic rings. The van der Waals surface area contributed by atoms with Crippen LogP contribution in [0.2, 0.25) is 10.0 Å². The van der Waals surface area contributed by atoms with Crippen molar-refractivity contribution >= 4 is 23.2 Å². The number of rotatable bonds is 4. The smallest absolute Gasteiger partial charge is 0.127 e. The summed E-state index contributed by atoms with van der Waals surface area (Å²) in [5.41, 5.74) is 3.77. The van der Waals surface area contributed by atoms with Crippen LogP contribution >= 0.6 is 23.2 Å². The predicted molar refractivity (Wildman–Crippen MR) is 87.8 cm³/mol. The van der Waals surface area contributed by atoms with Crippen LogP contribution in [-0.2, 0) is 6.42 Å². The second-order valence-electron chi connectivity index (χ2n) is 5.20. The number of hydrogen-bond acceptors (Lipinski definition) is 1. The lowest BCUT2D eigenvalue weighted by atomic mass is 9.95. The summed E-state index contributed by atoms with van der Waals surface area (Å²) in [5, 5.41) is 4.32. The van der Waals surface area contributed by atoms with Crippen molar-refractivity contribution in [3.05, 3.63) is 68.4 Å². The molecule has 2 aromatic rings. The maximum atomic E-state index is 14.0. The molecule has 0 aliphatic heterocycles. The lowest BCUT2D eigenvalue weighted by Gasteiger charge is -2.20. The fourth-order valence-electron chi connectivity index (χ4n) is 2.37. The Hall–Kier alpha value is -1.09. The number of hydrogen-bond donors (Lipinski definition) is 1. The maximum Gasteiger partial charge on any atom is 0.127 e. The molecule has 0 fully saturated rings.